The summed E-state index contributed by atoms with van der Waals surface area (Å²) in [6, 6.07) is 6.04. The molecule has 0 spiro atoms. The molecule has 0 bridgehead atoms. The third-order valence-corrected chi connectivity index (χ3v) is 8.42. The number of piperazine rings is 1. The molecule has 0 saturated carbocycles. The predicted molar refractivity (Wildman–Crippen MR) is 112 cm³/mol. The van der Waals surface area contributed by atoms with E-state index in [1.54, 1.807) is 4.90 Å². The number of hydrogen-bond donors (Lipinski definition) is 0. The van der Waals surface area contributed by atoms with Gasteiger partial charge < -0.3 is 14.7 Å². The van der Waals surface area contributed by atoms with Gasteiger partial charge in [0.1, 0.15) is 0 Å². The Morgan fingerprint density at radius 1 is 1.10 bits per heavy atom. The molecule has 0 aromatic heterocycles. The van der Waals surface area contributed by atoms with Crippen LogP contribution in [0.4, 0.5) is 5.69 Å². The van der Waals surface area contributed by atoms with Crippen molar-refractivity contribution in [1.82, 2.24) is 9.80 Å². The quantitative estimate of drug-likeness (QED) is 0.730. The van der Waals surface area contributed by atoms with Crippen molar-refractivity contribution in [1.29, 1.82) is 0 Å². The number of anilines is 1. The number of aryl methyl sites for hydroxylation is 1. The monoisotopic (exact) mass is 419 g/mol. The molecule has 0 N–H and O–H groups in total. The van der Waals surface area contributed by atoms with Crippen LogP contribution in [-0.4, -0.2) is 80.3 Å². The molecule has 0 radical (unpaired) electrons. The first-order valence-electron chi connectivity index (χ1n) is 10.3. The van der Waals surface area contributed by atoms with E-state index in [1.807, 2.05) is 4.90 Å². The van der Waals surface area contributed by atoms with Crippen LogP contribution >= 0.6 is 0 Å². The number of sulfone groups is 1. The van der Waals surface area contributed by atoms with Crippen LogP contribution in [0.1, 0.15) is 24.0 Å². The van der Waals surface area contributed by atoms with Crippen molar-refractivity contribution in [3.8, 4) is 0 Å². The normalized spacial score (nSPS) is 27.0. The van der Waals surface area contributed by atoms with Gasteiger partial charge >= 0.3 is 0 Å². The van der Waals surface area contributed by atoms with Crippen LogP contribution in [-0.2, 0) is 19.4 Å². The highest BCUT2D eigenvalue weighted by Crippen LogP contribution is 2.28. The fourth-order valence-electron chi connectivity index (χ4n) is 4.78. The van der Waals surface area contributed by atoms with Gasteiger partial charge in [0.05, 0.1) is 17.4 Å². The van der Waals surface area contributed by atoms with E-state index in [2.05, 4.69) is 36.9 Å². The maximum absolute atomic E-state index is 13.0. The number of rotatable bonds is 3. The van der Waals surface area contributed by atoms with E-state index in [0.29, 0.717) is 26.1 Å². The van der Waals surface area contributed by atoms with Gasteiger partial charge in [0.25, 0.3) is 0 Å². The third kappa shape index (κ3) is 3.99. The van der Waals surface area contributed by atoms with Crippen molar-refractivity contribution in [3.63, 3.8) is 0 Å². The summed E-state index contributed by atoms with van der Waals surface area (Å²) in [5.74, 6) is -0.228. The summed E-state index contributed by atoms with van der Waals surface area (Å²) < 4.78 is 23.5. The Hall–Kier alpha value is -2.09. The molecule has 3 aliphatic rings. The summed E-state index contributed by atoms with van der Waals surface area (Å²) in [7, 11) is -3.05. The van der Waals surface area contributed by atoms with E-state index in [0.717, 1.165) is 13.1 Å². The smallest absolute Gasteiger partial charge is 0.228 e. The molecule has 3 aliphatic heterocycles. The molecule has 3 heterocycles. The van der Waals surface area contributed by atoms with E-state index in [1.165, 1.54) is 16.8 Å². The minimum Gasteiger partial charge on any atom is -0.368 e. The second-order valence-corrected chi connectivity index (χ2v) is 10.8. The van der Waals surface area contributed by atoms with E-state index < -0.39 is 9.84 Å². The summed E-state index contributed by atoms with van der Waals surface area (Å²) in [6.45, 7) is 7.45. The number of amides is 2. The lowest BCUT2D eigenvalue weighted by molar-refractivity contribution is -0.136. The van der Waals surface area contributed by atoms with E-state index >= 15 is 0 Å². The molecule has 7 nitrogen and oxygen atoms in total. The third-order valence-electron chi connectivity index (χ3n) is 6.66. The number of hydrogen-bond acceptors (Lipinski definition) is 5. The number of benzene rings is 1. The molecule has 3 fully saturated rings. The Balaban J connectivity index is 1.35. The Bertz CT molecular complexity index is 922. The fraction of sp³-hybridized carbons (Fsp3) is 0.619. The largest absolute Gasteiger partial charge is 0.368 e. The van der Waals surface area contributed by atoms with Crippen molar-refractivity contribution in [2.75, 3.05) is 49.1 Å². The Kier molecular flexibility index (Phi) is 5.31. The summed E-state index contributed by atoms with van der Waals surface area (Å²) in [4.78, 5) is 31.3. The number of carbonyl (C=O) groups is 2. The lowest BCUT2D eigenvalue weighted by Gasteiger charge is -2.38. The average molecular weight is 420 g/mol. The highest BCUT2D eigenvalue weighted by Gasteiger charge is 2.43. The summed E-state index contributed by atoms with van der Waals surface area (Å²) in [6.07, 6.45) is 0.691. The van der Waals surface area contributed by atoms with Gasteiger partial charge in [-0.1, -0.05) is 12.1 Å². The van der Waals surface area contributed by atoms with E-state index in [-0.39, 0.29) is 41.7 Å². The Labute approximate surface area is 172 Å². The molecule has 1 aromatic carbocycles. The Morgan fingerprint density at radius 2 is 1.83 bits per heavy atom. The molecular formula is C21H29N3O4S. The molecule has 29 heavy (non-hydrogen) atoms. The van der Waals surface area contributed by atoms with Crippen molar-refractivity contribution in [2.45, 2.75) is 32.7 Å². The van der Waals surface area contributed by atoms with Gasteiger partial charge in [-0.2, -0.15) is 0 Å². The zero-order chi connectivity index (χ0) is 20.8. The summed E-state index contributed by atoms with van der Waals surface area (Å²) in [5, 5.41) is 0. The minimum atomic E-state index is -3.05. The van der Waals surface area contributed by atoms with Crippen LogP contribution in [0.3, 0.4) is 0 Å². The highest BCUT2D eigenvalue weighted by molar-refractivity contribution is 7.91. The lowest BCUT2D eigenvalue weighted by atomic mass is 10.1. The molecule has 8 heteroatoms. The SMILES string of the molecule is Cc1cccc(N2CCN(C(=O)[C@H]3CC(=O)N([C@@H]4CCS(=O)(=O)C4)C3)CC2)c1C. The molecule has 158 valence electrons. The maximum atomic E-state index is 13.0. The Morgan fingerprint density at radius 3 is 2.48 bits per heavy atom. The number of likely N-dealkylation sites (tertiary alicyclic amines) is 1. The van der Waals surface area contributed by atoms with Crippen molar-refractivity contribution >= 4 is 27.3 Å². The molecule has 4 rings (SSSR count). The molecule has 2 amide bonds. The van der Waals surface area contributed by atoms with Gasteiger partial charge in [0, 0.05) is 50.9 Å². The molecule has 1 aromatic rings. The van der Waals surface area contributed by atoms with Crippen LogP contribution < -0.4 is 4.90 Å². The molecule has 2 atom stereocenters. The fourth-order valence-corrected chi connectivity index (χ4v) is 6.51. The number of carbonyl (C=O) groups excluding carboxylic acids is 2. The van der Waals surface area contributed by atoms with Gasteiger partial charge in [0.15, 0.2) is 9.84 Å². The molecular weight excluding hydrogens is 390 g/mol. The summed E-state index contributed by atoms with van der Waals surface area (Å²) >= 11 is 0. The first-order valence-corrected chi connectivity index (χ1v) is 12.2. The van der Waals surface area contributed by atoms with Crippen molar-refractivity contribution in [3.05, 3.63) is 29.3 Å². The van der Waals surface area contributed by atoms with Crippen LogP contribution in [0, 0.1) is 19.8 Å². The van der Waals surface area contributed by atoms with Crippen molar-refractivity contribution < 1.29 is 18.0 Å². The zero-order valence-corrected chi connectivity index (χ0v) is 18.0. The lowest BCUT2D eigenvalue weighted by Crippen LogP contribution is -2.51. The second kappa shape index (κ2) is 7.63. The minimum absolute atomic E-state index is 0.0299. The van der Waals surface area contributed by atoms with Gasteiger partial charge in [-0.3, -0.25) is 9.59 Å². The van der Waals surface area contributed by atoms with Gasteiger partial charge in [-0.25, -0.2) is 8.42 Å². The zero-order valence-electron chi connectivity index (χ0n) is 17.1. The van der Waals surface area contributed by atoms with Gasteiger partial charge in [-0.05, 0) is 37.5 Å². The molecule has 0 unspecified atom stereocenters. The number of nitrogens with zero attached hydrogens (tertiary/aromatic N) is 3. The predicted octanol–water partition coefficient (Wildman–Crippen LogP) is 0.988. The molecule has 3 saturated heterocycles. The first-order chi connectivity index (χ1) is 13.7. The average Bonchev–Trinajstić information content (AvgIpc) is 3.25. The molecule has 0 aliphatic carbocycles. The second-order valence-electron chi connectivity index (χ2n) is 8.54. The van der Waals surface area contributed by atoms with E-state index in [4.69, 9.17) is 0 Å². The van der Waals surface area contributed by atoms with Gasteiger partial charge in [0.2, 0.25) is 11.8 Å². The highest BCUT2D eigenvalue weighted by atomic mass is 32.2. The van der Waals surface area contributed by atoms with Gasteiger partial charge in [-0.15, -0.1) is 0 Å². The standard InChI is InChI=1S/C21H29N3O4S/c1-15-4-3-5-19(16(15)2)22-7-9-23(10-8-22)21(26)17-12-20(25)24(13-17)18-6-11-29(27,28)14-18/h3-5,17-18H,6-14H2,1-2H3/t17-,18+/m0/s1. The van der Waals surface area contributed by atoms with Crippen LogP contribution in [0.2, 0.25) is 0 Å². The van der Waals surface area contributed by atoms with Crippen LogP contribution in [0.5, 0.6) is 0 Å². The topological polar surface area (TPSA) is 78.0 Å². The first kappa shape index (κ1) is 20.2. The van der Waals surface area contributed by atoms with Crippen LogP contribution in [0.25, 0.3) is 0 Å². The van der Waals surface area contributed by atoms with E-state index in [9.17, 15) is 18.0 Å². The van der Waals surface area contributed by atoms with Crippen LogP contribution in [0.15, 0.2) is 18.2 Å². The summed E-state index contributed by atoms with van der Waals surface area (Å²) in [5.41, 5.74) is 3.76. The maximum Gasteiger partial charge on any atom is 0.228 e. The van der Waals surface area contributed by atoms with Crippen molar-refractivity contribution in [2.24, 2.45) is 5.92 Å².